The normalized spacial score (nSPS) is 19.4. The van der Waals surface area contributed by atoms with Crippen LogP contribution in [0.4, 0.5) is 5.69 Å². The molecule has 2 N–H and O–H groups in total. The van der Waals surface area contributed by atoms with Crippen molar-refractivity contribution in [3.8, 4) is 0 Å². The molecule has 1 saturated heterocycles. The van der Waals surface area contributed by atoms with E-state index >= 15 is 0 Å². The topological polar surface area (TPSA) is 32.5 Å². The molecule has 1 aromatic carbocycles. The maximum atomic E-state index is 6.09. The lowest BCUT2D eigenvalue weighted by atomic mass is 10.00. The molecular weight excluding hydrogens is 234 g/mol. The van der Waals surface area contributed by atoms with E-state index in [4.69, 9.17) is 5.73 Å². The minimum Gasteiger partial charge on any atom is -0.371 e. The van der Waals surface area contributed by atoms with Crippen LogP contribution in [0.3, 0.4) is 0 Å². The highest BCUT2D eigenvalue weighted by molar-refractivity contribution is 5.55. The molecule has 1 aliphatic heterocycles. The first-order valence-corrected chi connectivity index (χ1v) is 7.43. The second-order valence-electron chi connectivity index (χ2n) is 5.62. The Morgan fingerprint density at radius 3 is 2.53 bits per heavy atom. The van der Waals surface area contributed by atoms with Gasteiger partial charge in [0.2, 0.25) is 0 Å². The van der Waals surface area contributed by atoms with Gasteiger partial charge in [-0.3, -0.25) is 0 Å². The quantitative estimate of drug-likeness (QED) is 0.904. The van der Waals surface area contributed by atoms with Gasteiger partial charge in [0.05, 0.1) is 0 Å². The zero-order chi connectivity index (χ0) is 13.8. The number of nitrogens with two attached hydrogens (primary N) is 1. The van der Waals surface area contributed by atoms with Crippen molar-refractivity contribution >= 4 is 5.69 Å². The van der Waals surface area contributed by atoms with Crippen LogP contribution in [0.5, 0.6) is 0 Å². The van der Waals surface area contributed by atoms with Gasteiger partial charge in [0.1, 0.15) is 0 Å². The van der Waals surface area contributed by atoms with Gasteiger partial charge in [-0.1, -0.05) is 25.1 Å². The fourth-order valence-electron chi connectivity index (χ4n) is 3.01. The largest absolute Gasteiger partial charge is 0.371 e. The number of nitrogens with zero attached hydrogens (tertiary/aromatic N) is 2. The molecule has 106 valence electrons. The number of benzene rings is 1. The Labute approximate surface area is 117 Å². The second-order valence-corrected chi connectivity index (χ2v) is 5.62. The lowest BCUT2D eigenvalue weighted by Gasteiger charge is -2.38. The van der Waals surface area contributed by atoms with Crippen molar-refractivity contribution in [2.45, 2.75) is 38.8 Å². The molecule has 1 unspecified atom stereocenters. The van der Waals surface area contributed by atoms with Crippen LogP contribution in [0.15, 0.2) is 24.3 Å². The molecule has 3 heteroatoms. The van der Waals surface area contributed by atoms with E-state index in [1.165, 1.54) is 43.7 Å². The third kappa shape index (κ3) is 3.28. The molecule has 2 rings (SSSR count). The highest BCUT2D eigenvalue weighted by Crippen LogP contribution is 2.28. The van der Waals surface area contributed by atoms with E-state index in [1.807, 2.05) is 0 Å². The number of anilines is 1. The molecule has 19 heavy (non-hydrogen) atoms. The van der Waals surface area contributed by atoms with Gasteiger partial charge in [-0.15, -0.1) is 0 Å². The average Bonchev–Trinajstić information content (AvgIpc) is 2.46. The zero-order valence-electron chi connectivity index (χ0n) is 12.5. The Bertz CT molecular complexity index is 395. The molecule has 1 aromatic rings. The van der Waals surface area contributed by atoms with Crippen molar-refractivity contribution in [2.75, 3.05) is 31.6 Å². The van der Waals surface area contributed by atoms with Crippen LogP contribution >= 0.6 is 0 Å². The average molecular weight is 261 g/mol. The summed E-state index contributed by atoms with van der Waals surface area (Å²) in [5.41, 5.74) is 8.64. The predicted octanol–water partition coefficient (Wildman–Crippen LogP) is 2.63. The van der Waals surface area contributed by atoms with Crippen molar-refractivity contribution < 1.29 is 0 Å². The Morgan fingerprint density at radius 2 is 1.95 bits per heavy atom. The van der Waals surface area contributed by atoms with E-state index in [-0.39, 0.29) is 6.04 Å². The molecule has 1 heterocycles. The van der Waals surface area contributed by atoms with E-state index in [0.29, 0.717) is 6.04 Å². The van der Waals surface area contributed by atoms with Gasteiger partial charge >= 0.3 is 0 Å². The zero-order valence-corrected chi connectivity index (χ0v) is 12.5. The summed E-state index contributed by atoms with van der Waals surface area (Å²) in [7, 11) is 2.22. The highest BCUT2D eigenvalue weighted by Gasteiger charge is 2.23. The van der Waals surface area contributed by atoms with Crippen LogP contribution in [0.1, 0.15) is 38.3 Å². The van der Waals surface area contributed by atoms with E-state index in [2.05, 4.69) is 55.0 Å². The summed E-state index contributed by atoms with van der Waals surface area (Å²) in [6.45, 7) is 7.91. The van der Waals surface area contributed by atoms with Gasteiger partial charge in [-0.25, -0.2) is 0 Å². The number of rotatable bonds is 4. The van der Waals surface area contributed by atoms with Crippen LogP contribution in [-0.2, 0) is 0 Å². The maximum Gasteiger partial charge on any atom is 0.0414 e. The van der Waals surface area contributed by atoms with Crippen molar-refractivity contribution in [1.29, 1.82) is 0 Å². The molecule has 3 nitrogen and oxygen atoms in total. The van der Waals surface area contributed by atoms with Crippen LogP contribution in [0, 0.1) is 0 Å². The Hall–Kier alpha value is -1.06. The summed E-state index contributed by atoms with van der Waals surface area (Å²) in [4.78, 5) is 4.97. The van der Waals surface area contributed by atoms with Crippen LogP contribution < -0.4 is 10.6 Å². The summed E-state index contributed by atoms with van der Waals surface area (Å²) in [5, 5.41) is 0. The number of hydrogen-bond donors (Lipinski definition) is 1. The SMILES string of the molecule is CCN1CCC(N(C)c2ccccc2C(C)N)CC1. The minimum absolute atomic E-state index is 0.0920. The Morgan fingerprint density at radius 1 is 1.32 bits per heavy atom. The molecule has 0 amide bonds. The first kappa shape index (κ1) is 14.4. The lowest BCUT2D eigenvalue weighted by Crippen LogP contribution is -2.43. The Kier molecular flexibility index (Phi) is 4.83. The Balaban J connectivity index is 2.10. The van der Waals surface area contributed by atoms with Crippen molar-refractivity contribution in [2.24, 2.45) is 5.73 Å². The number of hydrogen-bond acceptors (Lipinski definition) is 3. The molecule has 0 saturated carbocycles. The third-order valence-electron chi connectivity index (χ3n) is 4.36. The van der Waals surface area contributed by atoms with E-state index in [1.54, 1.807) is 0 Å². The summed E-state index contributed by atoms with van der Waals surface area (Å²) < 4.78 is 0. The molecule has 1 atom stereocenters. The molecule has 0 bridgehead atoms. The first-order valence-electron chi connectivity index (χ1n) is 7.43. The first-order chi connectivity index (χ1) is 9.13. The standard InChI is InChI=1S/C16H27N3/c1-4-19-11-9-14(10-12-19)18(3)16-8-6-5-7-15(16)13(2)17/h5-8,13-14H,4,9-12,17H2,1-3H3. The van der Waals surface area contributed by atoms with Gasteiger partial charge in [0.25, 0.3) is 0 Å². The number of likely N-dealkylation sites (tertiary alicyclic amines) is 1. The van der Waals surface area contributed by atoms with Gasteiger partial charge < -0.3 is 15.5 Å². The fraction of sp³-hybridized carbons (Fsp3) is 0.625. The summed E-state index contributed by atoms with van der Waals surface area (Å²) >= 11 is 0. The third-order valence-corrected chi connectivity index (χ3v) is 4.36. The van der Waals surface area contributed by atoms with Gasteiger partial charge in [-0.2, -0.15) is 0 Å². The molecule has 0 radical (unpaired) electrons. The monoisotopic (exact) mass is 261 g/mol. The molecular formula is C16H27N3. The molecule has 0 aromatic heterocycles. The van der Waals surface area contributed by atoms with E-state index in [0.717, 1.165) is 0 Å². The summed E-state index contributed by atoms with van der Waals surface area (Å²) in [6.07, 6.45) is 2.50. The van der Waals surface area contributed by atoms with Gasteiger partial charge in [0, 0.05) is 37.9 Å². The predicted molar refractivity (Wildman–Crippen MR) is 82.6 cm³/mol. The highest BCUT2D eigenvalue weighted by atomic mass is 15.2. The summed E-state index contributed by atoms with van der Waals surface area (Å²) in [5.74, 6) is 0. The fourth-order valence-corrected chi connectivity index (χ4v) is 3.01. The van der Waals surface area contributed by atoms with E-state index < -0.39 is 0 Å². The van der Waals surface area contributed by atoms with Crippen molar-refractivity contribution in [1.82, 2.24) is 4.90 Å². The van der Waals surface area contributed by atoms with Crippen LogP contribution in [0.2, 0.25) is 0 Å². The molecule has 0 aliphatic carbocycles. The smallest absolute Gasteiger partial charge is 0.0414 e. The molecule has 1 fully saturated rings. The van der Waals surface area contributed by atoms with Crippen molar-refractivity contribution in [3.63, 3.8) is 0 Å². The minimum atomic E-state index is 0.0920. The maximum absolute atomic E-state index is 6.09. The van der Waals surface area contributed by atoms with Crippen LogP contribution in [0.25, 0.3) is 0 Å². The molecule has 0 spiro atoms. The van der Waals surface area contributed by atoms with Crippen molar-refractivity contribution in [3.05, 3.63) is 29.8 Å². The van der Waals surface area contributed by atoms with E-state index in [9.17, 15) is 0 Å². The van der Waals surface area contributed by atoms with Gasteiger partial charge in [0.15, 0.2) is 0 Å². The summed E-state index contributed by atoms with van der Waals surface area (Å²) in [6, 6.07) is 9.27. The van der Waals surface area contributed by atoms with Gasteiger partial charge in [-0.05, 0) is 37.9 Å². The number of para-hydroxylation sites is 1. The molecule has 1 aliphatic rings. The second kappa shape index (κ2) is 6.40. The van der Waals surface area contributed by atoms with Crippen LogP contribution in [-0.4, -0.2) is 37.6 Å². The number of piperidine rings is 1. The lowest BCUT2D eigenvalue weighted by molar-refractivity contribution is 0.220.